The highest BCUT2D eigenvalue weighted by molar-refractivity contribution is 14.0. The summed E-state index contributed by atoms with van der Waals surface area (Å²) in [5.41, 5.74) is 3.77. The second-order valence-electron chi connectivity index (χ2n) is 7.18. The van der Waals surface area contributed by atoms with Gasteiger partial charge in [0.25, 0.3) is 0 Å². The Balaban J connectivity index is 0.00000420. The third-order valence-corrected chi connectivity index (χ3v) is 4.46. The van der Waals surface area contributed by atoms with Gasteiger partial charge in [-0.05, 0) is 44.1 Å². The van der Waals surface area contributed by atoms with Crippen molar-refractivity contribution in [2.75, 3.05) is 34.3 Å². The second kappa shape index (κ2) is 14.4. The highest BCUT2D eigenvalue weighted by Gasteiger charge is 2.04. The quantitative estimate of drug-likeness (QED) is 0.218. The molecule has 160 valence electrons. The van der Waals surface area contributed by atoms with Crippen molar-refractivity contribution in [2.45, 2.75) is 32.5 Å². The first-order valence-electron chi connectivity index (χ1n) is 9.92. The van der Waals surface area contributed by atoms with Crippen LogP contribution in [-0.2, 0) is 17.8 Å². The lowest BCUT2D eigenvalue weighted by molar-refractivity contribution is 0.0646. The molecular weight excluding hydrogens is 475 g/mol. The summed E-state index contributed by atoms with van der Waals surface area (Å²) in [6.45, 7) is 5.34. The lowest BCUT2D eigenvalue weighted by atomic mass is 10.1. The first kappa shape index (κ1) is 25.4. The molecule has 5 nitrogen and oxygen atoms in total. The average molecular weight is 510 g/mol. The second-order valence-corrected chi connectivity index (χ2v) is 7.18. The van der Waals surface area contributed by atoms with Crippen LogP contribution in [0, 0.1) is 0 Å². The van der Waals surface area contributed by atoms with Gasteiger partial charge in [-0.15, -0.1) is 24.0 Å². The van der Waals surface area contributed by atoms with Crippen LogP contribution in [0.15, 0.2) is 59.6 Å². The van der Waals surface area contributed by atoms with E-state index in [0.717, 1.165) is 32.0 Å². The Hall–Kier alpha value is -1.64. The van der Waals surface area contributed by atoms with E-state index in [0.29, 0.717) is 6.61 Å². The van der Waals surface area contributed by atoms with Crippen molar-refractivity contribution in [1.82, 2.24) is 15.5 Å². The number of ether oxygens (including phenoxy) is 1. The van der Waals surface area contributed by atoms with Crippen LogP contribution in [0.1, 0.15) is 36.1 Å². The molecule has 1 unspecified atom stereocenters. The maximum atomic E-state index is 5.91. The molecule has 0 radical (unpaired) electrons. The zero-order valence-corrected chi connectivity index (χ0v) is 20.4. The number of guanidine groups is 1. The average Bonchev–Trinajstić information content (AvgIpc) is 2.71. The maximum absolute atomic E-state index is 5.91. The molecule has 2 rings (SSSR count). The molecule has 0 bridgehead atoms. The number of hydrogen-bond acceptors (Lipinski definition) is 3. The van der Waals surface area contributed by atoms with E-state index in [1.165, 1.54) is 16.7 Å². The minimum atomic E-state index is 0. The molecule has 6 heteroatoms. The minimum Gasteiger partial charge on any atom is -0.374 e. The Morgan fingerprint density at radius 3 is 2.28 bits per heavy atom. The first-order chi connectivity index (χ1) is 13.6. The van der Waals surface area contributed by atoms with E-state index in [2.05, 4.69) is 77.9 Å². The van der Waals surface area contributed by atoms with Gasteiger partial charge in [-0.1, -0.05) is 54.6 Å². The molecule has 29 heavy (non-hydrogen) atoms. The van der Waals surface area contributed by atoms with E-state index in [4.69, 9.17) is 4.74 Å². The molecule has 1 atom stereocenters. The molecule has 0 spiro atoms. The summed E-state index contributed by atoms with van der Waals surface area (Å²) in [4.78, 5) is 6.46. The van der Waals surface area contributed by atoms with Crippen molar-refractivity contribution in [1.29, 1.82) is 0 Å². The molecule has 0 aliphatic heterocycles. The summed E-state index contributed by atoms with van der Waals surface area (Å²) in [5, 5.41) is 6.70. The first-order valence-corrected chi connectivity index (χ1v) is 9.92. The van der Waals surface area contributed by atoms with Crippen LogP contribution in [0.4, 0.5) is 0 Å². The number of rotatable bonds is 10. The number of hydrogen-bond donors (Lipinski definition) is 2. The normalized spacial score (nSPS) is 12.4. The van der Waals surface area contributed by atoms with Gasteiger partial charge in [0.15, 0.2) is 5.96 Å². The van der Waals surface area contributed by atoms with E-state index < -0.39 is 0 Å². The summed E-state index contributed by atoms with van der Waals surface area (Å²) in [5.74, 6) is 0.813. The van der Waals surface area contributed by atoms with E-state index >= 15 is 0 Å². The molecule has 0 saturated heterocycles. The topological polar surface area (TPSA) is 48.9 Å². The number of nitrogens with one attached hydrogen (secondary N) is 2. The Morgan fingerprint density at radius 1 is 1.00 bits per heavy atom. The Labute approximate surface area is 193 Å². The molecule has 0 aliphatic rings. The van der Waals surface area contributed by atoms with Gasteiger partial charge in [-0.2, -0.15) is 0 Å². The van der Waals surface area contributed by atoms with E-state index in [-0.39, 0.29) is 30.1 Å². The van der Waals surface area contributed by atoms with Gasteiger partial charge in [0, 0.05) is 33.3 Å². The lowest BCUT2D eigenvalue weighted by Gasteiger charge is -2.15. The minimum absolute atomic E-state index is 0. The van der Waals surface area contributed by atoms with E-state index in [1.807, 2.05) is 18.2 Å². The molecule has 0 heterocycles. The number of halogens is 1. The summed E-state index contributed by atoms with van der Waals surface area (Å²) in [6, 6.07) is 19.0. The molecular formula is C23H35IN4O. The van der Waals surface area contributed by atoms with Gasteiger partial charge in [-0.25, -0.2) is 0 Å². The van der Waals surface area contributed by atoms with Crippen LogP contribution in [0.2, 0.25) is 0 Å². The molecule has 0 aromatic heterocycles. The van der Waals surface area contributed by atoms with Crippen LogP contribution in [0.25, 0.3) is 0 Å². The Kier molecular flexibility index (Phi) is 12.6. The Morgan fingerprint density at radius 2 is 1.66 bits per heavy atom. The van der Waals surface area contributed by atoms with E-state index in [9.17, 15) is 0 Å². The van der Waals surface area contributed by atoms with Gasteiger partial charge in [-0.3, -0.25) is 4.99 Å². The van der Waals surface area contributed by atoms with Gasteiger partial charge in [0.2, 0.25) is 0 Å². The van der Waals surface area contributed by atoms with Crippen LogP contribution in [0.3, 0.4) is 0 Å². The van der Waals surface area contributed by atoms with Crippen molar-refractivity contribution in [3.63, 3.8) is 0 Å². The van der Waals surface area contributed by atoms with Crippen LogP contribution >= 0.6 is 24.0 Å². The molecule has 0 amide bonds. The van der Waals surface area contributed by atoms with Gasteiger partial charge < -0.3 is 20.3 Å². The Bertz CT molecular complexity index is 705. The lowest BCUT2D eigenvalue weighted by Crippen LogP contribution is -2.37. The smallest absolute Gasteiger partial charge is 0.191 e. The van der Waals surface area contributed by atoms with Gasteiger partial charge in [0.05, 0.1) is 6.10 Å². The van der Waals surface area contributed by atoms with Gasteiger partial charge >= 0.3 is 0 Å². The van der Waals surface area contributed by atoms with Crippen LogP contribution in [0.5, 0.6) is 0 Å². The van der Waals surface area contributed by atoms with Gasteiger partial charge in [0.1, 0.15) is 0 Å². The number of benzene rings is 2. The van der Waals surface area contributed by atoms with Crippen molar-refractivity contribution in [3.8, 4) is 0 Å². The number of aliphatic imine (C=N–C) groups is 1. The predicted molar refractivity (Wildman–Crippen MR) is 133 cm³/mol. The molecule has 2 N–H and O–H groups in total. The van der Waals surface area contributed by atoms with E-state index in [1.54, 1.807) is 7.05 Å². The molecule has 2 aromatic carbocycles. The summed E-state index contributed by atoms with van der Waals surface area (Å²) in [6.07, 6.45) is 1.05. The maximum Gasteiger partial charge on any atom is 0.191 e. The summed E-state index contributed by atoms with van der Waals surface area (Å²) >= 11 is 0. The monoisotopic (exact) mass is 510 g/mol. The molecule has 0 fully saturated rings. The summed E-state index contributed by atoms with van der Waals surface area (Å²) < 4.78 is 5.91. The fourth-order valence-electron chi connectivity index (χ4n) is 2.89. The van der Waals surface area contributed by atoms with Crippen molar-refractivity contribution < 1.29 is 4.74 Å². The van der Waals surface area contributed by atoms with Crippen molar-refractivity contribution >= 4 is 29.9 Å². The molecule has 2 aromatic rings. The predicted octanol–water partition coefficient (Wildman–Crippen LogP) is 4.20. The SMILES string of the molecule is CN=C(NCCCOC(C)c1ccccc1)NCc1ccc(CN(C)C)cc1.I. The standard InChI is InChI=1S/C23H34N4O.HI/c1-19(22-9-6-5-7-10-22)28-16-8-15-25-23(24-2)26-17-20-11-13-21(14-12-20)18-27(3)4;/h5-7,9-14,19H,8,15-18H2,1-4H3,(H2,24,25,26);1H. The summed E-state index contributed by atoms with van der Waals surface area (Å²) in [7, 11) is 5.96. The van der Waals surface area contributed by atoms with Crippen molar-refractivity contribution in [2.24, 2.45) is 4.99 Å². The molecule has 0 saturated carbocycles. The zero-order chi connectivity index (χ0) is 20.2. The molecule has 0 aliphatic carbocycles. The fourth-order valence-corrected chi connectivity index (χ4v) is 2.89. The number of nitrogens with zero attached hydrogens (tertiary/aromatic N) is 2. The largest absolute Gasteiger partial charge is 0.374 e. The highest BCUT2D eigenvalue weighted by atomic mass is 127. The van der Waals surface area contributed by atoms with Crippen LogP contribution in [-0.4, -0.2) is 45.2 Å². The zero-order valence-electron chi connectivity index (χ0n) is 18.0. The van der Waals surface area contributed by atoms with Crippen LogP contribution < -0.4 is 10.6 Å². The highest BCUT2D eigenvalue weighted by Crippen LogP contribution is 2.15. The third-order valence-electron chi connectivity index (χ3n) is 4.46. The van der Waals surface area contributed by atoms with Crippen molar-refractivity contribution in [3.05, 3.63) is 71.3 Å². The third kappa shape index (κ3) is 10.1. The fraction of sp³-hybridized carbons (Fsp3) is 0.435.